The second-order valence-corrected chi connectivity index (χ2v) is 5.76. The summed E-state index contributed by atoms with van der Waals surface area (Å²) in [5.74, 6) is 0.871. The smallest absolute Gasteiger partial charge is 0.122 e. The number of ether oxygens (including phenoxy) is 1. The van der Waals surface area contributed by atoms with E-state index in [0.29, 0.717) is 19.2 Å². The quantitative estimate of drug-likeness (QED) is 0.856. The molecular weight excluding hydrogens is 238 g/mol. The van der Waals surface area contributed by atoms with Crippen molar-refractivity contribution in [2.75, 3.05) is 20.2 Å². The van der Waals surface area contributed by atoms with Crippen molar-refractivity contribution in [3.63, 3.8) is 0 Å². The van der Waals surface area contributed by atoms with Crippen molar-refractivity contribution < 1.29 is 9.84 Å². The van der Waals surface area contributed by atoms with E-state index < -0.39 is 6.10 Å². The highest BCUT2D eigenvalue weighted by atomic mass is 16.5. The highest BCUT2D eigenvalue weighted by Gasteiger charge is 2.23. The van der Waals surface area contributed by atoms with Crippen molar-refractivity contribution >= 4 is 0 Å². The number of aliphatic hydroxyl groups is 1. The van der Waals surface area contributed by atoms with Crippen molar-refractivity contribution in [1.29, 1.82) is 0 Å². The Morgan fingerprint density at radius 2 is 2.11 bits per heavy atom. The fraction of sp³-hybridized carbons (Fsp3) is 0.625. The fourth-order valence-corrected chi connectivity index (χ4v) is 2.51. The maximum atomic E-state index is 10.0. The predicted octanol–water partition coefficient (Wildman–Crippen LogP) is 2.53. The minimum Gasteiger partial charge on any atom is -0.491 e. The first-order chi connectivity index (χ1) is 9.06. The van der Waals surface area contributed by atoms with E-state index in [2.05, 4.69) is 24.9 Å². The Morgan fingerprint density at radius 1 is 1.37 bits per heavy atom. The predicted molar refractivity (Wildman–Crippen MR) is 77.7 cm³/mol. The van der Waals surface area contributed by atoms with Gasteiger partial charge in [0.15, 0.2) is 0 Å². The molecule has 0 aromatic heterocycles. The van der Waals surface area contributed by atoms with E-state index in [9.17, 15) is 5.11 Å². The Hall–Kier alpha value is -1.06. The minimum absolute atomic E-state index is 0.362. The fourth-order valence-electron chi connectivity index (χ4n) is 2.51. The molecule has 1 saturated carbocycles. The van der Waals surface area contributed by atoms with Gasteiger partial charge in [0.05, 0.1) is 0 Å². The molecule has 0 amide bonds. The second-order valence-electron chi connectivity index (χ2n) is 5.76. The monoisotopic (exact) mass is 263 g/mol. The average Bonchev–Trinajstić information content (AvgIpc) is 2.25. The molecule has 0 spiro atoms. The van der Waals surface area contributed by atoms with Crippen LogP contribution in [0.5, 0.6) is 5.75 Å². The van der Waals surface area contributed by atoms with Crippen molar-refractivity contribution in [2.45, 2.75) is 45.3 Å². The van der Waals surface area contributed by atoms with Gasteiger partial charge < -0.3 is 14.7 Å². The third kappa shape index (κ3) is 3.95. The van der Waals surface area contributed by atoms with Gasteiger partial charge in [-0.1, -0.05) is 24.1 Å². The van der Waals surface area contributed by atoms with Gasteiger partial charge in [0.25, 0.3) is 0 Å². The van der Waals surface area contributed by atoms with Gasteiger partial charge >= 0.3 is 0 Å². The van der Waals surface area contributed by atoms with Crippen LogP contribution < -0.4 is 4.74 Å². The van der Waals surface area contributed by atoms with E-state index in [1.807, 2.05) is 19.1 Å². The molecule has 106 valence electrons. The second kappa shape index (κ2) is 6.40. The molecular formula is C16H25NO2. The molecule has 0 saturated heterocycles. The van der Waals surface area contributed by atoms with E-state index in [1.54, 1.807) is 0 Å². The molecule has 1 aromatic rings. The standard InChI is InChI=1S/C16H25NO2/c1-12-7-8-16(13(2)9-12)19-11-15(18)10-17(3)14-5-4-6-14/h7-9,14-15,18H,4-6,10-11H2,1-3H3. The molecule has 3 nitrogen and oxygen atoms in total. The van der Waals surface area contributed by atoms with Crippen LogP contribution in [0.25, 0.3) is 0 Å². The van der Waals surface area contributed by atoms with Crippen LogP contribution in [-0.4, -0.2) is 42.4 Å². The van der Waals surface area contributed by atoms with Crippen molar-refractivity contribution in [3.05, 3.63) is 29.3 Å². The Bertz CT molecular complexity index is 415. The lowest BCUT2D eigenvalue weighted by atomic mass is 9.92. The lowest BCUT2D eigenvalue weighted by Crippen LogP contribution is -2.42. The summed E-state index contributed by atoms with van der Waals surface area (Å²) in [6, 6.07) is 6.78. The van der Waals surface area contributed by atoms with E-state index in [0.717, 1.165) is 11.3 Å². The molecule has 1 unspecified atom stereocenters. The Labute approximate surface area is 116 Å². The molecule has 0 heterocycles. The van der Waals surface area contributed by atoms with E-state index in [-0.39, 0.29) is 0 Å². The highest BCUT2D eigenvalue weighted by Crippen LogP contribution is 2.23. The van der Waals surface area contributed by atoms with Crippen LogP contribution in [0.3, 0.4) is 0 Å². The van der Waals surface area contributed by atoms with E-state index >= 15 is 0 Å². The first kappa shape index (κ1) is 14.4. The third-order valence-corrected chi connectivity index (χ3v) is 3.96. The van der Waals surface area contributed by atoms with Gasteiger partial charge in [-0.25, -0.2) is 0 Å². The summed E-state index contributed by atoms with van der Waals surface area (Å²) in [5, 5.41) is 10.0. The molecule has 19 heavy (non-hydrogen) atoms. The van der Waals surface area contributed by atoms with Crippen LogP contribution in [0.15, 0.2) is 18.2 Å². The average molecular weight is 263 g/mol. The van der Waals surface area contributed by atoms with Crippen molar-refractivity contribution in [3.8, 4) is 5.75 Å². The third-order valence-electron chi connectivity index (χ3n) is 3.96. The van der Waals surface area contributed by atoms with Gasteiger partial charge in [-0.3, -0.25) is 0 Å². The summed E-state index contributed by atoms with van der Waals surface area (Å²) < 4.78 is 5.71. The van der Waals surface area contributed by atoms with Crippen LogP contribution >= 0.6 is 0 Å². The van der Waals surface area contributed by atoms with Crippen molar-refractivity contribution in [2.24, 2.45) is 0 Å². The largest absolute Gasteiger partial charge is 0.491 e. The number of nitrogens with zero attached hydrogens (tertiary/aromatic N) is 1. The van der Waals surface area contributed by atoms with Crippen molar-refractivity contribution in [1.82, 2.24) is 4.90 Å². The number of benzene rings is 1. The zero-order valence-electron chi connectivity index (χ0n) is 12.2. The van der Waals surface area contributed by atoms with Gasteiger partial charge in [0, 0.05) is 12.6 Å². The number of hydrogen-bond acceptors (Lipinski definition) is 3. The van der Waals surface area contributed by atoms with Gasteiger partial charge in [0.1, 0.15) is 18.5 Å². The van der Waals surface area contributed by atoms with Crippen LogP contribution in [0.1, 0.15) is 30.4 Å². The number of rotatable bonds is 6. The molecule has 1 atom stereocenters. The van der Waals surface area contributed by atoms with Crippen LogP contribution in [0.4, 0.5) is 0 Å². The first-order valence-electron chi connectivity index (χ1n) is 7.14. The maximum Gasteiger partial charge on any atom is 0.122 e. The molecule has 1 aliphatic rings. The molecule has 0 aliphatic heterocycles. The van der Waals surface area contributed by atoms with Gasteiger partial charge in [-0.15, -0.1) is 0 Å². The summed E-state index contributed by atoms with van der Waals surface area (Å²) >= 11 is 0. The Morgan fingerprint density at radius 3 is 2.68 bits per heavy atom. The Balaban J connectivity index is 1.77. The molecule has 1 aromatic carbocycles. The summed E-state index contributed by atoms with van der Waals surface area (Å²) in [7, 11) is 2.09. The molecule has 3 heteroatoms. The first-order valence-corrected chi connectivity index (χ1v) is 7.14. The topological polar surface area (TPSA) is 32.7 Å². The normalized spacial score (nSPS) is 17.3. The van der Waals surface area contributed by atoms with Gasteiger partial charge in [0.2, 0.25) is 0 Å². The number of aryl methyl sites for hydroxylation is 2. The number of likely N-dealkylation sites (N-methyl/N-ethyl adjacent to an activating group) is 1. The maximum absolute atomic E-state index is 10.0. The zero-order chi connectivity index (χ0) is 13.8. The molecule has 2 rings (SSSR count). The van der Waals surface area contributed by atoms with Gasteiger partial charge in [-0.05, 0) is 45.4 Å². The van der Waals surface area contributed by atoms with E-state index in [4.69, 9.17) is 4.74 Å². The number of aliphatic hydroxyl groups excluding tert-OH is 1. The molecule has 0 radical (unpaired) electrons. The SMILES string of the molecule is Cc1ccc(OCC(O)CN(C)C2CCC2)c(C)c1. The lowest BCUT2D eigenvalue weighted by Gasteiger charge is -2.35. The molecule has 1 fully saturated rings. The molecule has 1 N–H and O–H groups in total. The Kier molecular flexibility index (Phi) is 4.83. The molecule has 0 bridgehead atoms. The van der Waals surface area contributed by atoms with Crippen LogP contribution in [-0.2, 0) is 0 Å². The van der Waals surface area contributed by atoms with Gasteiger partial charge in [-0.2, -0.15) is 0 Å². The lowest BCUT2D eigenvalue weighted by molar-refractivity contribution is 0.0474. The minimum atomic E-state index is -0.425. The highest BCUT2D eigenvalue weighted by molar-refractivity contribution is 5.35. The zero-order valence-corrected chi connectivity index (χ0v) is 12.2. The van der Waals surface area contributed by atoms with Crippen LogP contribution in [0.2, 0.25) is 0 Å². The summed E-state index contributed by atoms with van der Waals surface area (Å²) in [6.07, 6.45) is 3.43. The van der Waals surface area contributed by atoms with E-state index in [1.165, 1.54) is 24.8 Å². The number of hydrogen-bond donors (Lipinski definition) is 1. The summed E-state index contributed by atoms with van der Waals surface area (Å²) in [4.78, 5) is 2.25. The summed E-state index contributed by atoms with van der Waals surface area (Å²) in [6.45, 7) is 5.16. The molecule has 1 aliphatic carbocycles. The van der Waals surface area contributed by atoms with Crippen LogP contribution in [0, 0.1) is 13.8 Å². The summed E-state index contributed by atoms with van der Waals surface area (Å²) in [5.41, 5.74) is 2.36.